The van der Waals surface area contributed by atoms with Crippen LogP contribution in [0.1, 0.15) is 44.1 Å². The molecule has 158 valence electrons. The predicted octanol–water partition coefficient (Wildman–Crippen LogP) is 2.03. The molecule has 0 atom stereocenters. The van der Waals surface area contributed by atoms with Gasteiger partial charge in [0.1, 0.15) is 5.82 Å². The van der Waals surface area contributed by atoms with Crippen molar-refractivity contribution in [1.29, 1.82) is 0 Å². The van der Waals surface area contributed by atoms with E-state index in [0.29, 0.717) is 63.8 Å². The summed E-state index contributed by atoms with van der Waals surface area (Å²) in [6.45, 7) is 2.12. The third-order valence-corrected chi connectivity index (χ3v) is 5.68. The fraction of sp³-hybridized carbons (Fsp3) is 0.591. The second-order valence-electron chi connectivity index (χ2n) is 7.96. The number of benzene rings is 1. The summed E-state index contributed by atoms with van der Waals surface area (Å²) < 4.78 is 13.6. The number of carbonyl (C=O) groups excluding carboxylic acids is 3. The van der Waals surface area contributed by atoms with Crippen LogP contribution in [0.15, 0.2) is 24.3 Å². The molecular weight excluding hydrogens is 373 g/mol. The Balaban J connectivity index is 1.28. The molecule has 1 saturated carbocycles. The van der Waals surface area contributed by atoms with E-state index in [9.17, 15) is 18.8 Å². The zero-order valence-corrected chi connectivity index (χ0v) is 16.8. The molecule has 1 aliphatic heterocycles. The van der Waals surface area contributed by atoms with Crippen molar-refractivity contribution in [2.45, 2.75) is 44.9 Å². The Bertz CT molecular complexity index is 728. The maximum Gasteiger partial charge on any atom is 0.223 e. The maximum absolute atomic E-state index is 13.6. The van der Waals surface area contributed by atoms with Crippen molar-refractivity contribution in [3.05, 3.63) is 35.6 Å². The van der Waals surface area contributed by atoms with Crippen LogP contribution in [-0.2, 0) is 20.8 Å². The molecule has 1 aromatic rings. The third-order valence-electron chi connectivity index (χ3n) is 5.68. The second kappa shape index (κ2) is 10.4. The summed E-state index contributed by atoms with van der Waals surface area (Å²) in [5.41, 5.74) is 0.599. The Hall–Kier alpha value is -2.44. The number of halogens is 1. The van der Waals surface area contributed by atoms with E-state index in [1.54, 1.807) is 18.2 Å². The van der Waals surface area contributed by atoms with Crippen molar-refractivity contribution in [3.8, 4) is 0 Å². The summed E-state index contributed by atoms with van der Waals surface area (Å²) in [5, 5.41) is 5.76. The van der Waals surface area contributed by atoms with Crippen LogP contribution in [0, 0.1) is 17.7 Å². The smallest absolute Gasteiger partial charge is 0.223 e. The molecule has 0 bridgehead atoms. The van der Waals surface area contributed by atoms with Crippen molar-refractivity contribution in [2.75, 3.05) is 26.2 Å². The van der Waals surface area contributed by atoms with Gasteiger partial charge in [0, 0.05) is 44.4 Å². The summed E-state index contributed by atoms with van der Waals surface area (Å²) in [4.78, 5) is 38.0. The normalized spacial score (nSPS) is 17.1. The molecule has 1 saturated heterocycles. The lowest BCUT2D eigenvalue weighted by atomic mass is 9.95. The topological polar surface area (TPSA) is 78.5 Å². The van der Waals surface area contributed by atoms with Gasteiger partial charge < -0.3 is 15.5 Å². The number of likely N-dealkylation sites (tertiary alicyclic amines) is 1. The molecule has 3 rings (SSSR count). The fourth-order valence-corrected chi connectivity index (χ4v) is 3.66. The molecule has 7 heteroatoms. The highest BCUT2D eigenvalue weighted by molar-refractivity contribution is 5.81. The van der Waals surface area contributed by atoms with E-state index in [4.69, 9.17) is 0 Å². The van der Waals surface area contributed by atoms with E-state index in [1.807, 2.05) is 4.90 Å². The fourth-order valence-electron chi connectivity index (χ4n) is 3.66. The summed E-state index contributed by atoms with van der Waals surface area (Å²) in [5.74, 6) is 0.0281. The van der Waals surface area contributed by atoms with E-state index in [-0.39, 0.29) is 35.4 Å². The molecule has 2 fully saturated rings. The number of amides is 3. The van der Waals surface area contributed by atoms with Crippen molar-refractivity contribution in [1.82, 2.24) is 15.5 Å². The first-order valence-electron chi connectivity index (χ1n) is 10.6. The molecule has 6 nitrogen and oxygen atoms in total. The lowest BCUT2D eigenvalue weighted by molar-refractivity contribution is -0.135. The highest BCUT2D eigenvalue weighted by atomic mass is 19.1. The highest BCUT2D eigenvalue weighted by Crippen LogP contribution is 2.28. The highest BCUT2D eigenvalue weighted by Gasteiger charge is 2.29. The molecule has 29 heavy (non-hydrogen) atoms. The number of carbonyl (C=O) groups is 3. The zero-order chi connectivity index (χ0) is 20.6. The summed E-state index contributed by atoms with van der Waals surface area (Å²) in [6.07, 6.45) is 4.80. The van der Waals surface area contributed by atoms with Gasteiger partial charge in [0.2, 0.25) is 17.7 Å². The Morgan fingerprint density at radius 3 is 2.21 bits per heavy atom. The minimum atomic E-state index is -0.249. The number of piperidine rings is 1. The average Bonchev–Trinajstić information content (AvgIpc) is 3.58. The molecule has 0 aromatic heterocycles. The third kappa shape index (κ3) is 6.54. The summed E-state index contributed by atoms with van der Waals surface area (Å²) >= 11 is 0. The SMILES string of the molecule is O=C(NCCCC(=O)N1CCC(C(=O)NCCc2ccccc2F)CC1)C1CC1. The van der Waals surface area contributed by atoms with Gasteiger partial charge in [-0.15, -0.1) is 0 Å². The van der Waals surface area contributed by atoms with Gasteiger partial charge in [0.15, 0.2) is 0 Å². The van der Waals surface area contributed by atoms with Crippen LogP contribution >= 0.6 is 0 Å². The van der Waals surface area contributed by atoms with Gasteiger partial charge in [0.05, 0.1) is 0 Å². The predicted molar refractivity (Wildman–Crippen MR) is 107 cm³/mol. The van der Waals surface area contributed by atoms with Crippen molar-refractivity contribution in [3.63, 3.8) is 0 Å². The molecule has 0 radical (unpaired) electrons. The number of nitrogens with one attached hydrogen (secondary N) is 2. The molecule has 3 amide bonds. The van der Waals surface area contributed by atoms with Crippen LogP contribution in [0.25, 0.3) is 0 Å². The van der Waals surface area contributed by atoms with Crippen LogP contribution in [0.2, 0.25) is 0 Å². The Morgan fingerprint density at radius 2 is 1.55 bits per heavy atom. The number of nitrogens with zero attached hydrogens (tertiary/aromatic N) is 1. The van der Waals surface area contributed by atoms with Gasteiger partial charge in [-0.2, -0.15) is 0 Å². The van der Waals surface area contributed by atoms with Crippen molar-refractivity contribution >= 4 is 17.7 Å². The minimum absolute atomic E-state index is 0.0174. The first-order valence-corrected chi connectivity index (χ1v) is 10.6. The van der Waals surface area contributed by atoms with E-state index in [0.717, 1.165) is 12.8 Å². The first-order chi connectivity index (χ1) is 14.0. The molecule has 1 heterocycles. The molecule has 0 spiro atoms. The van der Waals surface area contributed by atoms with Gasteiger partial charge in [-0.3, -0.25) is 14.4 Å². The average molecular weight is 403 g/mol. The molecule has 1 aromatic carbocycles. The summed E-state index contributed by atoms with van der Waals surface area (Å²) in [7, 11) is 0. The standard InChI is InChI=1S/C22H30FN3O3/c23-19-5-2-1-4-16(19)9-13-25-22(29)18-10-14-26(15-11-18)20(27)6-3-12-24-21(28)17-7-8-17/h1-2,4-5,17-18H,3,6-15H2,(H,24,28)(H,25,29). The van der Waals surface area contributed by atoms with Crippen molar-refractivity contribution in [2.24, 2.45) is 11.8 Å². The largest absolute Gasteiger partial charge is 0.356 e. The molecular formula is C22H30FN3O3. The molecule has 2 aliphatic rings. The van der Waals surface area contributed by atoms with Crippen LogP contribution in [0.4, 0.5) is 4.39 Å². The van der Waals surface area contributed by atoms with Crippen LogP contribution in [-0.4, -0.2) is 48.8 Å². The van der Waals surface area contributed by atoms with Gasteiger partial charge in [-0.05, 0) is 50.2 Å². The maximum atomic E-state index is 13.6. The van der Waals surface area contributed by atoms with Crippen molar-refractivity contribution < 1.29 is 18.8 Å². The quantitative estimate of drug-likeness (QED) is 0.620. The van der Waals surface area contributed by atoms with Gasteiger partial charge >= 0.3 is 0 Å². The van der Waals surface area contributed by atoms with Crippen LogP contribution in [0.5, 0.6) is 0 Å². The Kier molecular flexibility index (Phi) is 7.61. The van der Waals surface area contributed by atoms with Gasteiger partial charge in [-0.25, -0.2) is 4.39 Å². The minimum Gasteiger partial charge on any atom is -0.356 e. The number of hydrogen-bond donors (Lipinski definition) is 2. The Labute approximate surface area is 171 Å². The van der Waals surface area contributed by atoms with Crippen LogP contribution in [0.3, 0.4) is 0 Å². The lowest BCUT2D eigenvalue weighted by Crippen LogP contribution is -2.43. The van der Waals surface area contributed by atoms with Gasteiger partial charge in [-0.1, -0.05) is 18.2 Å². The zero-order valence-electron chi connectivity index (χ0n) is 16.8. The lowest BCUT2D eigenvalue weighted by Gasteiger charge is -2.31. The molecule has 2 N–H and O–H groups in total. The Morgan fingerprint density at radius 1 is 0.931 bits per heavy atom. The number of hydrogen-bond acceptors (Lipinski definition) is 3. The van der Waals surface area contributed by atoms with E-state index >= 15 is 0 Å². The van der Waals surface area contributed by atoms with E-state index < -0.39 is 0 Å². The first kappa shape index (κ1) is 21.3. The summed E-state index contributed by atoms with van der Waals surface area (Å²) in [6, 6.07) is 6.58. The molecule has 0 unspecified atom stereocenters. The van der Waals surface area contributed by atoms with Gasteiger partial charge in [0.25, 0.3) is 0 Å². The molecule has 1 aliphatic carbocycles. The second-order valence-corrected chi connectivity index (χ2v) is 7.96. The van der Waals surface area contributed by atoms with E-state index in [2.05, 4.69) is 10.6 Å². The van der Waals surface area contributed by atoms with E-state index in [1.165, 1.54) is 6.07 Å². The monoisotopic (exact) mass is 403 g/mol. The van der Waals surface area contributed by atoms with Crippen LogP contribution < -0.4 is 10.6 Å². The number of rotatable bonds is 9.